The molecule has 11 heteroatoms. The van der Waals surface area contributed by atoms with Crippen molar-refractivity contribution in [2.45, 2.75) is 0 Å². The van der Waals surface area contributed by atoms with Gasteiger partial charge in [0.15, 0.2) is 23.0 Å². The van der Waals surface area contributed by atoms with Crippen LogP contribution in [0.1, 0.15) is 0 Å². The maximum atomic E-state index is 11.1. The average Bonchev–Trinajstić information content (AvgIpc) is 3.62. The van der Waals surface area contributed by atoms with Crippen molar-refractivity contribution >= 4 is 55.2 Å². The molecule has 0 aliphatic rings. The molecule has 0 saturated carbocycles. The first-order chi connectivity index (χ1) is 22.6. The zero-order chi connectivity index (χ0) is 32.9. The zero-order valence-corrected chi connectivity index (χ0v) is 24.8. The molecule has 8 N–H and O–H groups in total. The second kappa shape index (κ2) is 9.80. The van der Waals surface area contributed by atoms with Gasteiger partial charge in [-0.1, -0.05) is 72.3 Å². The van der Waals surface area contributed by atoms with Gasteiger partial charge < -0.3 is 50.0 Å². The smallest absolute Gasteiger partial charge is 0.206 e. The Kier molecular flexibility index (Phi) is 5.86. The van der Waals surface area contributed by atoms with E-state index in [2.05, 4.69) is 0 Å². The van der Waals surface area contributed by atoms with E-state index in [1.165, 1.54) is 4.57 Å². The second-order valence-electron chi connectivity index (χ2n) is 11.2. The first-order valence-electron chi connectivity index (χ1n) is 14.3. The molecule has 47 heavy (non-hydrogen) atoms. The fraction of sp³-hybridized carbons (Fsp3) is 0. The predicted octanol–water partition coefficient (Wildman–Crippen LogP) is 7.85. The molecule has 0 radical (unpaired) electrons. The van der Waals surface area contributed by atoms with Crippen LogP contribution in [0.15, 0.2) is 91.0 Å². The molecular weight excluding hydrogens is 624 g/mol. The maximum Gasteiger partial charge on any atom is 0.206 e. The van der Waals surface area contributed by atoms with Crippen LogP contribution in [0.5, 0.6) is 46.0 Å². The Labute approximate surface area is 269 Å². The van der Waals surface area contributed by atoms with Crippen molar-refractivity contribution in [2.75, 3.05) is 0 Å². The summed E-state index contributed by atoms with van der Waals surface area (Å²) in [5.41, 5.74) is 3.63. The standard InChI is InChI=1S/C36H23ClN2O8/c37-17-10-12-19(16-6-2-1-3-7-16)23(14-17)39-22-9-5-4-8-20(22)21-13-11-18(15-24(21)39)38-27-25(29(40)33(44)35(46)31(27)42)26-28(38)32(43)36(47)34(45)30(26)41/h1-15,40-47H. The van der Waals surface area contributed by atoms with Crippen LogP contribution in [0.25, 0.3) is 66.1 Å². The summed E-state index contributed by atoms with van der Waals surface area (Å²) in [6.07, 6.45) is 0. The number of hydrogen-bond donors (Lipinski definition) is 8. The second-order valence-corrected chi connectivity index (χ2v) is 11.6. The van der Waals surface area contributed by atoms with Crippen molar-refractivity contribution in [1.29, 1.82) is 0 Å². The van der Waals surface area contributed by atoms with Crippen LogP contribution in [0.4, 0.5) is 0 Å². The van der Waals surface area contributed by atoms with Crippen LogP contribution < -0.4 is 0 Å². The molecule has 8 rings (SSSR count). The molecule has 0 aliphatic heterocycles. The lowest BCUT2D eigenvalue weighted by Crippen LogP contribution is -1.99. The largest absolute Gasteiger partial charge is 0.504 e. The van der Waals surface area contributed by atoms with Crippen LogP contribution >= 0.6 is 11.6 Å². The number of aromatic hydroxyl groups is 8. The molecule has 0 spiro atoms. The van der Waals surface area contributed by atoms with E-state index in [4.69, 9.17) is 11.6 Å². The van der Waals surface area contributed by atoms with E-state index in [0.29, 0.717) is 10.5 Å². The Balaban J connectivity index is 1.56. The van der Waals surface area contributed by atoms with Crippen LogP contribution in [0, 0.1) is 0 Å². The molecule has 0 atom stereocenters. The number of phenolic OH excluding ortho intramolecular Hbond substituents is 8. The Hall–Kier alpha value is -6.39. The minimum Gasteiger partial charge on any atom is -0.504 e. The van der Waals surface area contributed by atoms with Gasteiger partial charge in [-0.15, -0.1) is 0 Å². The molecule has 10 nitrogen and oxygen atoms in total. The minimum atomic E-state index is -1.09. The zero-order valence-electron chi connectivity index (χ0n) is 24.0. The summed E-state index contributed by atoms with van der Waals surface area (Å²) in [6.45, 7) is 0. The Morgan fingerprint density at radius 2 is 1.00 bits per heavy atom. The van der Waals surface area contributed by atoms with Gasteiger partial charge in [-0.3, -0.25) is 0 Å². The average molecular weight is 647 g/mol. The topological polar surface area (TPSA) is 172 Å². The van der Waals surface area contributed by atoms with Gasteiger partial charge in [0.1, 0.15) is 11.0 Å². The van der Waals surface area contributed by atoms with E-state index in [1.807, 2.05) is 77.4 Å². The molecule has 0 amide bonds. The molecular formula is C36H23ClN2O8. The van der Waals surface area contributed by atoms with Crippen molar-refractivity contribution in [2.24, 2.45) is 0 Å². The van der Waals surface area contributed by atoms with Crippen molar-refractivity contribution in [3.8, 4) is 68.5 Å². The van der Waals surface area contributed by atoms with E-state index >= 15 is 0 Å². The van der Waals surface area contributed by atoms with Crippen molar-refractivity contribution in [3.05, 3.63) is 96.0 Å². The predicted molar refractivity (Wildman–Crippen MR) is 179 cm³/mol. The van der Waals surface area contributed by atoms with Crippen molar-refractivity contribution in [1.82, 2.24) is 9.13 Å². The lowest BCUT2D eigenvalue weighted by Gasteiger charge is -2.16. The van der Waals surface area contributed by atoms with Crippen LogP contribution in [0.2, 0.25) is 5.02 Å². The van der Waals surface area contributed by atoms with Gasteiger partial charge in [0.2, 0.25) is 23.0 Å². The molecule has 0 bridgehead atoms. The number of hydrogen-bond acceptors (Lipinski definition) is 8. The summed E-state index contributed by atoms with van der Waals surface area (Å²) >= 11 is 6.58. The summed E-state index contributed by atoms with van der Waals surface area (Å²) < 4.78 is 3.21. The number of para-hydroxylation sites is 1. The molecule has 232 valence electrons. The van der Waals surface area contributed by atoms with Gasteiger partial charge >= 0.3 is 0 Å². The highest BCUT2D eigenvalue weighted by molar-refractivity contribution is 6.31. The fourth-order valence-corrected chi connectivity index (χ4v) is 6.73. The van der Waals surface area contributed by atoms with E-state index in [1.54, 1.807) is 18.2 Å². The lowest BCUT2D eigenvalue weighted by atomic mass is 10.0. The Bertz CT molecular complexity index is 2550. The number of aromatic nitrogens is 2. The number of benzene rings is 6. The van der Waals surface area contributed by atoms with Crippen LogP contribution in [-0.4, -0.2) is 50.0 Å². The monoisotopic (exact) mass is 646 g/mol. The molecule has 6 aromatic carbocycles. The number of rotatable bonds is 3. The maximum absolute atomic E-state index is 11.1. The number of fused-ring (bicyclic) bond motifs is 6. The van der Waals surface area contributed by atoms with Crippen LogP contribution in [0.3, 0.4) is 0 Å². The van der Waals surface area contributed by atoms with Gasteiger partial charge in [0.05, 0.1) is 27.5 Å². The normalized spacial score (nSPS) is 11.8. The molecule has 2 heterocycles. The third-order valence-corrected chi connectivity index (χ3v) is 8.87. The SMILES string of the molecule is Oc1c(O)c(O)c2c(c1O)c1c(O)c(O)c(O)c(O)c1n2-c1ccc2c3ccccc3n(-c3cc(Cl)ccc3-c3ccccc3)c2c1. The molecule has 0 unspecified atom stereocenters. The van der Waals surface area contributed by atoms with E-state index < -0.39 is 56.8 Å². The summed E-state index contributed by atoms with van der Waals surface area (Å²) in [5.74, 6) is -7.99. The van der Waals surface area contributed by atoms with Gasteiger partial charge in [-0.05, 0) is 35.9 Å². The number of phenols is 8. The summed E-state index contributed by atoms with van der Waals surface area (Å²) in [4.78, 5) is 0. The highest BCUT2D eigenvalue weighted by atomic mass is 35.5. The summed E-state index contributed by atoms with van der Waals surface area (Å²) in [5, 5.41) is 87.4. The first-order valence-corrected chi connectivity index (χ1v) is 14.7. The molecule has 8 aromatic rings. The van der Waals surface area contributed by atoms with E-state index in [-0.39, 0.29) is 16.7 Å². The quantitative estimate of drug-likeness (QED) is 0.0708. The third-order valence-electron chi connectivity index (χ3n) is 8.64. The molecule has 2 aromatic heterocycles. The van der Waals surface area contributed by atoms with Crippen LogP contribution in [-0.2, 0) is 0 Å². The Morgan fingerprint density at radius 1 is 0.447 bits per heavy atom. The van der Waals surface area contributed by atoms with Gasteiger partial charge in [-0.25, -0.2) is 0 Å². The molecule has 0 saturated heterocycles. The number of halogens is 1. The molecule has 0 fully saturated rings. The lowest BCUT2D eigenvalue weighted by molar-refractivity contribution is 0.350. The summed E-state index contributed by atoms with van der Waals surface area (Å²) in [6, 6.07) is 28.3. The highest BCUT2D eigenvalue weighted by Gasteiger charge is 2.32. The van der Waals surface area contributed by atoms with Gasteiger partial charge in [-0.2, -0.15) is 0 Å². The van der Waals surface area contributed by atoms with E-state index in [0.717, 1.165) is 33.1 Å². The fourth-order valence-electron chi connectivity index (χ4n) is 6.56. The minimum absolute atomic E-state index is 0.240. The van der Waals surface area contributed by atoms with E-state index in [9.17, 15) is 40.9 Å². The molecule has 0 aliphatic carbocycles. The van der Waals surface area contributed by atoms with Crippen molar-refractivity contribution < 1.29 is 40.9 Å². The van der Waals surface area contributed by atoms with Gasteiger partial charge in [0, 0.05) is 27.0 Å². The first kappa shape index (κ1) is 28.1. The van der Waals surface area contributed by atoms with Gasteiger partial charge in [0.25, 0.3) is 0 Å². The number of nitrogens with zero attached hydrogens (tertiary/aromatic N) is 2. The van der Waals surface area contributed by atoms with Crippen molar-refractivity contribution in [3.63, 3.8) is 0 Å². The third kappa shape index (κ3) is 3.73. The highest BCUT2D eigenvalue weighted by Crippen LogP contribution is 2.59. The Morgan fingerprint density at radius 3 is 1.64 bits per heavy atom. The summed E-state index contributed by atoms with van der Waals surface area (Å²) in [7, 11) is 0.